The van der Waals surface area contributed by atoms with Crippen molar-refractivity contribution >= 4 is 37.7 Å². The summed E-state index contributed by atoms with van der Waals surface area (Å²) < 4.78 is 71.5. The maximum Gasteiger partial charge on any atom is 0.490 e. The lowest BCUT2D eigenvalue weighted by Crippen LogP contribution is -2.21. The SMILES string of the molecule is COc1ccc(S(=O)(=O)n2c(OC)c(CCN)c3cc(-c4cccc5ccccc45)ccc32)cc1.O=C(O)C(F)(F)F. The highest BCUT2D eigenvalue weighted by Crippen LogP contribution is 2.39. The quantitative estimate of drug-likeness (QED) is 0.240. The topological polar surface area (TPSA) is 121 Å². The highest BCUT2D eigenvalue weighted by Gasteiger charge is 2.38. The van der Waals surface area contributed by atoms with Gasteiger partial charge in [0.1, 0.15) is 5.75 Å². The van der Waals surface area contributed by atoms with E-state index in [0.717, 1.165) is 32.8 Å². The molecule has 220 valence electrons. The van der Waals surface area contributed by atoms with Gasteiger partial charge in [-0.3, -0.25) is 0 Å². The number of hydrogen-bond acceptors (Lipinski definition) is 6. The Labute approximate surface area is 239 Å². The molecule has 0 fully saturated rings. The van der Waals surface area contributed by atoms with Crippen LogP contribution in [0.5, 0.6) is 11.6 Å². The molecule has 0 aliphatic carbocycles. The van der Waals surface area contributed by atoms with E-state index < -0.39 is 22.2 Å². The molecule has 0 saturated heterocycles. The molecular weight excluding hydrogens is 573 g/mol. The van der Waals surface area contributed by atoms with Gasteiger partial charge in [-0.2, -0.15) is 13.2 Å². The van der Waals surface area contributed by atoms with Crippen molar-refractivity contribution in [2.75, 3.05) is 20.8 Å². The van der Waals surface area contributed by atoms with Crippen LogP contribution in [0, 0.1) is 0 Å². The summed E-state index contributed by atoms with van der Waals surface area (Å²) in [6, 6.07) is 26.6. The van der Waals surface area contributed by atoms with Crippen molar-refractivity contribution in [3.63, 3.8) is 0 Å². The van der Waals surface area contributed by atoms with Gasteiger partial charge in [0.05, 0.1) is 24.6 Å². The average molecular weight is 601 g/mol. The Bertz CT molecular complexity index is 1840. The fourth-order valence-electron chi connectivity index (χ4n) is 4.63. The number of fused-ring (bicyclic) bond motifs is 2. The van der Waals surface area contributed by atoms with Crippen LogP contribution in [-0.2, 0) is 21.2 Å². The van der Waals surface area contributed by atoms with E-state index in [2.05, 4.69) is 24.3 Å². The van der Waals surface area contributed by atoms with E-state index >= 15 is 0 Å². The maximum atomic E-state index is 13.8. The van der Waals surface area contributed by atoms with Gasteiger partial charge in [-0.05, 0) is 71.3 Å². The molecule has 0 atom stereocenters. The average Bonchev–Trinajstić information content (AvgIpc) is 3.30. The summed E-state index contributed by atoms with van der Waals surface area (Å²) in [6.07, 6.45) is -4.61. The van der Waals surface area contributed by atoms with Crippen LogP contribution < -0.4 is 15.2 Å². The molecule has 12 heteroatoms. The molecule has 0 unspecified atom stereocenters. The Morgan fingerprint density at radius 1 is 0.905 bits per heavy atom. The lowest BCUT2D eigenvalue weighted by Gasteiger charge is -2.12. The number of carbonyl (C=O) groups is 1. The Balaban J connectivity index is 0.000000517. The van der Waals surface area contributed by atoms with Crippen molar-refractivity contribution in [2.24, 2.45) is 5.73 Å². The van der Waals surface area contributed by atoms with E-state index in [0.29, 0.717) is 24.2 Å². The second-order valence-corrected chi connectivity index (χ2v) is 10.8. The zero-order chi connectivity index (χ0) is 30.7. The first-order chi connectivity index (χ1) is 19.9. The number of ether oxygens (including phenoxy) is 2. The third-order valence-electron chi connectivity index (χ3n) is 6.51. The first-order valence-electron chi connectivity index (χ1n) is 12.5. The normalized spacial score (nSPS) is 11.7. The second kappa shape index (κ2) is 12.1. The number of halogens is 3. The highest BCUT2D eigenvalue weighted by atomic mass is 32.2. The van der Waals surface area contributed by atoms with Crippen molar-refractivity contribution in [1.82, 2.24) is 3.97 Å². The Morgan fingerprint density at radius 3 is 2.14 bits per heavy atom. The number of nitrogens with zero attached hydrogens (tertiary/aromatic N) is 1. The highest BCUT2D eigenvalue weighted by molar-refractivity contribution is 7.90. The van der Waals surface area contributed by atoms with Crippen LogP contribution in [-0.4, -0.2) is 50.4 Å². The molecule has 0 bridgehead atoms. The van der Waals surface area contributed by atoms with E-state index in [4.69, 9.17) is 25.1 Å². The van der Waals surface area contributed by atoms with Crippen LogP contribution >= 0.6 is 0 Å². The third-order valence-corrected chi connectivity index (χ3v) is 8.22. The van der Waals surface area contributed by atoms with Crippen molar-refractivity contribution in [3.8, 4) is 22.8 Å². The van der Waals surface area contributed by atoms with Crippen LogP contribution in [0.2, 0.25) is 0 Å². The molecule has 0 saturated carbocycles. The second-order valence-electron chi connectivity index (χ2n) is 9.03. The van der Waals surface area contributed by atoms with Crippen LogP contribution in [0.15, 0.2) is 89.8 Å². The summed E-state index contributed by atoms with van der Waals surface area (Å²) in [5.41, 5.74) is 9.32. The molecule has 5 aromatic rings. The Morgan fingerprint density at radius 2 is 1.55 bits per heavy atom. The maximum absolute atomic E-state index is 13.8. The van der Waals surface area contributed by atoms with Gasteiger partial charge < -0.3 is 20.3 Å². The lowest BCUT2D eigenvalue weighted by atomic mass is 9.96. The first-order valence-corrected chi connectivity index (χ1v) is 14.0. The van der Waals surface area contributed by atoms with Crippen molar-refractivity contribution in [2.45, 2.75) is 17.5 Å². The molecular formula is C30H27F3N2O6S. The fourth-order valence-corrected chi connectivity index (χ4v) is 6.14. The summed E-state index contributed by atoms with van der Waals surface area (Å²) in [6.45, 7) is 0.358. The van der Waals surface area contributed by atoms with Crippen molar-refractivity contribution < 1.29 is 41.0 Å². The number of aliphatic carboxylic acids is 1. The van der Waals surface area contributed by atoms with Crippen LogP contribution in [0.25, 0.3) is 32.8 Å². The lowest BCUT2D eigenvalue weighted by molar-refractivity contribution is -0.192. The molecule has 1 aromatic heterocycles. The van der Waals surface area contributed by atoms with Crippen LogP contribution in [0.4, 0.5) is 13.2 Å². The third kappa shape index (κ3) is 5.90. The number of methoxy groups -OCH3 is 2. The fraction of sp³-hybridized carbons (Fsp3) is 0.167. The van der Waals surface area contributed by atoms with Crippen LogP contribution in [0.3, 0.4) is 0 Å². The molecule has 4 aromatic carbocycles. The summed E-state index contributed by atoms with van der Waals surface area (Å²) in [5, 5.41) is 10.2. The van der Waals surface area contributed by atoms with Gasteiger partial charge in [0.25, 0.3) is 10.0 Å². The van der Waals surface area contributed by atoms with Gasteiger partial charge in [-0.15, -0.1) is 0 Å². The number of nitrogens with two attached hydrogens (primary N) is 1. The molecule has 8 nitrogen and oxygen atoms in total. The summed E-state index contributed by atoms with van der Waals surface area (Å²) in [7, 11) is -0.921. The number of alkyl halides is 3. The molecule has 0 spiro atoms. The number of carboxylic acid groups (broad SMARTS) is 1. The molecule has 42 heavy (non-hydrogen) atoms. The van der Waals surface area contributed by atoms with Gasteiger partial charge in [0.2, 0.25) is 5.88 Å². The van der Waals surface area contributed by atoms with E-state index in [9.17, 15) is 21.6 Å². The minimum Gasteiger partial charge on any atom is -0.497 e. The van der Waals surface area contributed by atoms with Gasteiger partial charge >= 0.3 is 12.1 Å². The summed E-state index contributed by atoms with van der Waals surface area (Å²) in [5.74, 6) is -1.90. The molecule has 0 aliphatic heterocycles. The monoisotopic (exact) mass is 600 g/mol. The number of hydrogen-bond donors (Lipinski definition) is 2. The van der Waals surface area contributed by atoms with Gasteiger partial charge in [-0.25, -0.2) is 17.2 Å². The Kier molecular flexibility index (Phi) is 8.78. The van der Waals surface area contributed by atoms with E-state index in [1.54, 1.807) is 19.2 Å². The smallest absolute Gasteiger partial charge is 0.490 e. The van der Waals surface area contributed by atoms with Gasteiger partial charge in [0.15, 0.2) is 0 Å². The molecule has 0 amide bonds. The van der Waals surface area contributed by atoms with Gasteiger partial charge in [0, 0.05) is 10.9 Å². The molecule has 3 N–H and O–H groups in total. The van der Waals surface area contributed by atoms with Crippen molar-refractivity contribution in [1.29, 1.82) is 0 Å². The van der Waals surface area contributed by atoms with E-state index in [-0.39, 0.29) is 10.8 Å². The number of benzene rings is 4. The summed E-state index contributed by atoms with van der Waals surface area (Å²) in [4.78, 5) is 9.04. The Hall–Kier alpha value is -4.55. The molecule has 1 heterocycles. The predicted octanol–water partition coefficient (Wildman–Crippen LogP) is 5.85. The van der Waals surface area contributed by atoms with Crippen LogP contribution in [0.1, 0.15) is 5.56 Å². The predicted molar refractivity (Wildman–Crippen MR) is 153 cm³/mol. The van der Waals surface area contributed by atoms with Crippen molar-refractivity contribution in [3.05, 3.63) is 90.5 Å². The number of aromatic nitrogens is 1. The first kappa shape index (κ1) is 30.4. The number of carboxylic acids is 1. The largest absolute Gasteiger partial charge is 0.497 e. The summed E-state index contributed by atoms with van der Waals surface area (Å²) >= 11 is 0. The van der Waals surface area contributed by atoms with E-state index in [1.165, 1.54) is 23.2 Å². The molecule has 5 rings (SSSR count). The minimum atomic E-state index is -5.08. The number of rotatable bonds is 7. The van der Waals surface area contributed by atoms with Gasteiger partial charge in [-0.1, -0.05) is 48.5 Å². The zero-order valence-corrected chi connectivity index (χ0v) is 23.4. The van der Waals surface area contributed by atoms with E-state index in [1.807, 2.05) is 36.4 Å². The zero-order valence-electron chi connectivity index (χ0n) is 22.6. The minimum absolute atomic E-state index is 0.144. The molecule has 0 aliphatic rings. The molecule has 0 radical (unpaired) electrons. The standard InChI is InChI=1S/C28H26N2O4S.C2HF3O2/c1-33-21-11-13-22(14-12-21)35(31,32)30-27-15-10-20(18-26(27)25(16-17-29)28(30)34-2)24-9-5-7-19-6-3-4-8-23(19)24;3-2(4,5)1(6)7/h3-15,18H,16-17,29H2,1-2H3;(H,6,7).